The Morgan fingerprint density at radius 3 is 2.42 bits per heavy atom. The second-order valence-electron chi connectivity index (χ2n) is 8.52. The van der Waals surface area contributed by atoms with Crippen molar-refractivity contribution in [3.63, 3.8) is 0 Å². The maximum absolute atomic E-state index is 13.8. The fourth-order valence-electron chi connectivity index (χ4n) is 4.39. The highest BCUT2D eigenvalue weighted by molar-refractivity contribution is 7.91. The number of esters is 1. The van der Waals surface area contributed by atoms with Crippen LogP contribution >= 0.6 is 23.2 Å². The van der Waals surface area contributed by atoms with Crippen LogP contribution in [-0.4, -0.2) is 67.7 Å². The quantitative estimate of drug-likeness (QED) is 0.443. The minimum absolute atomic E-state index is 0.313. The van der Waals surface area contributed by atoms with Gasteiger partial charge in [0.1, 0.15) is 12.2 Å². The molecule has 11 heteroatoms. The van der Waals surface area contributed by atoms with Crippen molar-refractivity contribution in [2.75, 3.05) is 25.2 Å². The van der Waals surface area contributed by atoms with Crippen molar-refractivity contribution in [1.29, 1.82) is 0 Å². The van der Waals surface area contributed by atoms with Gasteiger partial charge in [-0.3, -0.25) is 9.59 Å². The summed E-state index contributed by atoms with van der Waals surface area (Å²) in [6.45, 7) is 1.26. The molecule has 4 atom stereocenters. The lowest BCUT2D eigenvalue weighted by Crippen LogP contribution is -2.56. The molecule has 0 saturated carbocycles. The van der Waals surface area contributed by atoms with Crippen molar-refractivity contribution in [3.05, 3.63) is 69.7 Å². The molecular formula is C25H29Cl2NO7S. The lowest BCUT2D eigenvalue weighted by molar-refractivity contribution is -0.183. The van der Waals surface area contributed by atoms with Crippen LogP contribution in [0.4, 0.5) is 0 Å². The largest absolute Gasteiger partial charge is 0.469 e. The zero-order valence-electron chi connectivity index (χ0n) is 20.0. The van der Waals surface area contributed by atoms with Gasteiger partial charge in [0, 0.05) is 16.1 Å². The van der Waals surface area contributed by atoms with Gasteiger partial charge in [-0.05, 0) is 41.8 Å². The molecule has 1 saturated heterocycles. The number of halogens is 2. The molecule has 1 aliphatic rings. The van der Waals surface area contributed by atoms with E-state index in [-0.39, 0.29) is 12.2 Å². The van der Waals surface area contributed by atoms with Crippen LogP contribution in [0.15, 0.2) is 48.5 Å². The maximum Gasteiger partial charge on any atom is 0.308 e. The average Bonchev–Trinajstić information content (AvgIpc) is 2.84. The van der Waals surface area contributed by atoms with Gasteiger partial charge >= 0.3 is 5.97 Å². The highest BCUT2D eigenvalue weighted by atomic mass is 35.5. The number of aliphatic hydroxyl groups excluding tert-OH is 1. The first kappa shape index (κ1) is 28.4. The van der Waals surface area contributed by atoms with Crippen LogP contribution in [0.5, 0.6) is 0 Å². The Hall–Kier alpha value is -2.17. The first-order valence-electron chi connectivity index (χ1n) is 11.5. The molecule has 3 rings (SSSR count). The second kappa shape index (κ2) is 12.4. The fourth-order valence-corrected chi connectivity index (χ4v) is 6.14. The number of ether oxygens (including phenoxy) is 2. The van der Waals surface area contributed by atoms with E-state index in [9.17, 15) is 23.1 Å². The van der Waals surface area contributed by atoms with Crippen LogP contribution in [-0.2, 0) is 28.9 Å². The molecule has 0 aromatic heterocycles. The van der Waals surface area contributed by atoms with Crippen LogP contribution in [0.1, 0.15) is 43.0 Å². The van der Waals surface area contributed by atoms with Crippen LogP contribution < -0.4 is 0 Å². The maximum atomic E-state index is 13.8. The third-order valence-electron chi connectivity index (χ3n) is 6.11. The van der Waals surface area contributed by atoms with Gasteiger partial charge in [0.2, 0.25) is 0 Å². The second-order valence-corrected chi connectivity index (χ2v) is 11.6. The molecule has 2 aromatic rings. The van der Waals surface area contributed by atoms with Gasteiger partial charge in [0.05, 0.1) is 37.7 Å². The number of carbonyl (C=O) groups excluding carboxylic acids is 2. The number of hydrogen-bond acceptors (Lipinski definition) is 7. The van der Waals surface area contributed by atoms with E-state index >= 15 is 0 Å². The summed E-state index contributed by atoms with van der Waals surface area (Å²) >= 11 is 12.4. The Balaban J connectivity index is 2.18. The first-order valence-corrected chi connectivity index (χ1v) is 14.0. The van der Waals surface area contributed by atoms with E-state index in [0.29, 0.717) is 27.6 Å². The number of aliphatic hydroxyl groups is 1. The number of amides is 1. The third kappa shape index (κ3) is 6.77. The molecule has 196 valence electrons. The van der Waals surface area contributed by atoms with Crippen molar-refractivity contribution in [2.24, 2.45) is 0 Å². The molecule has 1 heterocycles. The smallest absolute Gasteiger partial charge is 0.308 e. The summed E-state index contributed by atoms with van der Waals surface area (Å²) in [6.07, 6.45) is -1.99. The summed E-state index contributed by atoms with van der Waals surface area (Å²) in [4.78, 5) is 27.5. The molecule has 0 spiro atoms. The summed E-state index contributed by atoms with van der Waals surface area (Å²) in [6, 6.07) is 12.3. The van der Waals surface area contributed by atoms with Gasteiger partial charge in [-0.2, -0.15) is 0 Å². The van der Waals surface area contributed by atoms with Gasteiger partial charge in [-0.1, -0.05) is 54.4 Å². The molecule has 0 radical (unpaired) electrons. The Morgan fingerprint density at radius 2 is 1.83 bits per heavy atom. The van der Waals surface area contributed by atoms with Crippen LogP contribution in [0.25, 0.3) is 0 Å². The topological polar surface area (TPSA) is 110 Å². The Morgan fingerprint density at radius 1 is 1.14 bits per heavy atom. The lowest BCUT2D eigenvalue weighted by Gasteiger charge is -2.48. The normalized spacial score (nSPS) is 21.3. The molecule has 36 heavy (non-hydrogen) atoms. The molecule has 2 aromatic carbocycles. The van der Waals surface area contributed by atoms with E-state index in [4.69, 9.17) is 32.7 Å². The Bertz CT molecular complexity index is 1170. The number of benzene rings is 2. The monoisotopic (exact) mass is 557 g/mol. The van der Waals surface area contributed by atoms with Gasteiger partial charge in [-0.15, -0.1) is 0 Å². The number of rotatable bonds is 10. The minimum atomic E-state index is -3.68. The SMILES string of the molecule is CCC(CS(=O)(=O)CCO)N1C(=O)[C@H](CC(=O)OC)O[C@H](c2cccc(Cl)c2)[C@H]1c1ccc(Cl)cc1. The molecule has 1 N–H and O–H groups in total. The molecule has 1 unspecified atom stereocenters. The predicted octanol–water partition coefficient (Wildman–Crippen LogP) is 3.75. The lowest BCUT2D eigenvalue weighted by atomic mass is 9.89. The van der Waals surface area contributed by atoms with Gasteiger partial charge in [-0.25, -0.2) is 8.42 Å². The summed E-state index contributed by atoms with van der Waals surface area (Å²) in [5.74, 6) is -1.93. The molecule has 1 aliphatic heterocycles. The Labute approximate surface area is 221 Å². The van der Waals surface area contributed by atoms with E-state index in [1.165, 1.54) is 12.0 Å². The molecule has 0 aliphatic carbocycles. The summed E-state index contributed by atoms with van der Waals surface area (Å²) in [7, 11) is -2.46. The van der Waals surface area contributed by atoms with Crippen LogP contribution in [0, 0.1) is 0 Å². The minimum Gasteiger partial charge on any atom is -0.469 e. The third-order valence-corrected chi connectivity index (χ3v) is 8.29. The number of carbonyl (C=O) groups is 2. The van der Waals surface area contributed by atoms with E-state index in [1.807, 2.05) is 0 Å². The number of hydrogen-bond donors (Lipinski definition) is 1. The highest BCUT2D eigenvalue weighted by Gasteiger charge is 2.47. The van der Waals surface area contributed by atoms with Crippen molar-refractivity contribution in [1.82, 2.24) is 4.90 Å². The van der Waals surface area contributed by atoms with Crippen molar-refractivity contribution >= 4 is 44.9 Å². The van der Waals surface area contributed by atoms with E-state index < -0.39 is 58.4 Å². The molecule has 1 fully saturated rings. The van der Waals surface area contributed by atoms with Crippen LogP contribution in [0.3, 0.4) is 0 Å². The van der Waals surface area contributed by atoms with Crippen molar-refractivity contribution in [3.8, 4) is 0 Å². The highest BCUT2D eigenvalue weighted by Crippen LogP contribution is 2.44. The molecular weight excluding hydrogens is 529 g/mol. The number of morpholine rings is 1. The first-order chi connectivity index (χ1) is 17.1. The summed E-state index contributed by atoms with van der Waals surface area (Å²) in [5.41, 5.74) is 1.33. The molecule has 8 nitrogen and oxygen atoms in total. The van der Waals surface area contributed by atoms with Gasteiger partial charge in [0.25, 0.3) is 5.91 Å². The fraction of sp³-hybridized carbons (Fsp3) is 0.440. The van der Waals surface area contributed by atoms with E-state index in [0.717, 1.165) is 0 Å². The zero-order valence-corrected chi connectivity index (χ0v) is 22.3. The van der Waals surface area contributed by atoms with Gasteiger partial charge < -0.3 is 19.5 Å². The standard InChI is InChI=1S/C25H29Cl2NO7S/c1-3-20(15-36(32,33)12-11-29)28-23(16-7-9-18(26)10-8-16)24(17-5-4-6-19(27)13-17)35-21(25(28)31)14-22(30)34-2/h4-10,13,20-21,23-24,29H,3,11-12,14-15H2,1-2H3/t20?,21-,23+,24+/m0/s1. The predicted molar refractivity (Wildman–Crippen MR) is 137 cm³/mol. The Kier molecular flexibility index (Phi) is 9.77. The van der Waals surface area contributed by atoms with E-state index in [2.05, 4.69) is 0 Å². The molecule has 1 amide bonds. The molecule has 0 bridgehead atoms. The zero-order chi connectivity index (χ0) is 26.5. The van der Waals surface area contributed by atoms with Crippen molar-refractivity contribution < 1.29 is 32.6 Å². The van der Waals surface area contributed by atoms with E-state index in [1.54, 1.807) is 55.5 Å². The van der Waals surface area contributed by atoms with Crippen LogP contribution in [0.2, 0.25) is 10.0 Å². The van der Waals surface area contributed by atoms with Crippen molar-refractivity contribution in [2.45, 2.75) is 44.1 Å². The summed E-state index contributed by atoms with van der Waals surface area (Å²) < 4.78 is 36.4. The average molecular weight is 558 g/mol. The summed E-state index contributed by atoms with van der Waals surface area (Å²) in [5, 5.41) is 10.2. The number of sulfone groups is 1. The number of nitrogens with zero attached hydrogens (tertiary/aromatic N) is 1. The number of methoxy groups -OCH3 is 1. The van der Waals surface area contributed by atoms with Gasteiger partial charge in [0.15, 0.2) is 9.84 Å².